The highest BCUT2D eigenvalue weighted by Gasteiger charge is 2.00. The number of thioether (sulfide) groups is 1. The maximum atomic E-state index is 12.6. The lowest BCUT2D eigenvalue weighted by molar-refractivity contribution is -0.120. The van der Waals surface area contributed by atoms with Gasteiger partial charge in [0, 0.05) is 30.2 Å². The van der Waals surface area contributed by atoms with Crippen molar-refractivity contribution in [1.29, 1.82) is 0 Å². The van der Waals surface area contributed by atoms with Crippen LogP contribution in [0.5, 0.6) is 0 Å². The SMILES string of the molecule is Cl.NCCNC(=O)CCSc1ccc(F)cc1. The molecule has 0 saturated carbocycles. The number of hydrogen-bond acceptors (Lipinski definition) is 3. The summed E-state index contributed by atoms with van der Waals surface area (Å²) in [5.74, 6) is 0.437. The number of nitrogens with two attached hydrogens (primary N) is 1. The van der Waals surface area contributed by atoms with Gasteiger partial charge >= 0.3 is 0 Å². The third kappa shape index (κ3) is 7.20. The first kappa shape index (κ1) is 16.2. The largest absolute Gasteiger partial charge is 0.355 e. The Balaban J connectivity index is 0.00000256. The molecule has 17 heavy (non-hydrogen) atoms. The number of nitrogens with one attached hydrogen (secondary N) is 1. The van der Waals surface area contributed by atoms with E-state index in [1.165, 1.54) is 23.9 Å². The maximum absolute atomic E-state index is 12.6. The molecule has 0 aromatic heterocycles. The topological polar surface area (TPSA) is 55.1 Å². The first-order valence-electron chi connectivity index (χ1n) is 5.07. The second-order valence-electron chi connectivity index (χ2n) is 3.19. The number of halogens is 2. The fourth-order valence-electron chi connectivity index (χ4n) is 1.09. The first-order valence-corrected chi connectivity index (χ1v) is 6.06. The van der Waals surface area contributed by atoms with Gasteiger partial charge in [-0.05, 0) is 24.3 Å². The van der Waals surface area contributed by atoms with Crippen LogP contribution in [0.2, 0.25) is 0 Å². The summed E-state index contributed by atoms with van der Waals surface area (Å²) in [6.07, 6.45) is 0.446. The molecule has 3 nitrogen and oxygen atoms in total. The van der Waals surface area contributed by atoms with Gasteiger partial charge in [0.1, 0.15) is 5.82 Å². The molecular formula is C11H16ClFN2OS. The Morgan fingerprint density at radius 2 is 2.00 bits per heavy atom. The van der Waals surface area contributed by atoms with Crippen molar-refractivity contribution >= 4 is 30.1 Å². The van der Waals surface area contributed by atoms with E-state index in [0.717, 1.165) is 4.90 Å². The summed E-state index contributed by atoms with van der Waals surface area (Å²) in [4.78, 5) is 12.2. The van der Waals surface area contributed by atoms with Gasteiger partial charge in [0.05, 0.1) is 0 Å². The Kier molecular flexibility index (Phi) is 8.85. The first-order chi connectivity index (χ1) is 7.72. The van der Waals surface area contributed by atoms with Gasteiger partial charge < -0.3 is 11.1 Å². The van der Waals surface area contributed by atoms with Crippen molar-refractivity contribution in [3.8, 4) is 0 Å². The third-order valence-corrected chi connectivity index (χ3v) is 2.89. The van der Waals surface area contributed by atoms with Crippen LogP contribution in [0.4, 0.5) is 4.39 Å². The molecule has 0 bridgehead atoms. The van der Waals surface area contributed by atoms with E-state index in [0.29, 0.717) is 25.3 Å². The normalized spacial score (nSPS) is 9.53. The van der Waals surface area contributed by atoms with Gasteiger partial charge in [-0.15, -0.1) is 24.2 Å². The van der Waals surface area contributed by atoms with Gasteiger partial charge in [-0.3, -0.25) is 4.79 Å². The second-order valence-corrected chi connectivity index (χ2v) is 4.36. The molecule has 1 aromatic carbocycles. The summed E-state index contributed by atoms with van der Waals surface area (Å²) in [6, 6.07) is 6.24. The van der Waals surface area contributed by atoms with Gasteiger partial charge in [-0.2, -0.15) is 0 Å². The van der Waals surface area contributed by atoms with Crippen molar-refractivity contribution in [2.24, 2.45) is 5.73 Å². The third-order valence-electron chi connectivity index (χ3n) is 1.88. The van der Waals surface area contributed by atoms with E-state index in [1.807, 2.05) is 0 Å². The fraction of sp³-hybridized carbons (Fsp3) is 0.364. The van der Waals surface area contributed by atoms with Crippen molar-refractivity contribution in [2.75, 3.05) is 18.8 Å². The lowest BCUT2D eigenvalue weighted by Gasteiger charge is -2.03. The number of benzene rings is 1. The summed E-state index contributed by atoms with van der Waals surface area (Å²) in [5, 5.41) is 2.69. The number of hydrogen-bond donors (Lipinski definition) is 2. The van der Waals surface area contributed by atoms with Crippen molar-refractivity contribution in [1.82, 2.24) is 5.32 Å². The van der Waals surface area contributed by atoms with Gasteiger partial charge in [0.25, 0.3) is 0 Å². The van der Waals surface area contributed by atoms with Crippen molar-refractivity contribution < 1.29 is 9.18 Å². The molecule has 0 fully saturated rings. The molecule has 1 amide bonds. The van der Waals surface area contributed by atoms with Gasteiger partial charge in [-0.1, -0.05) is 0 Å². The Morgan fingerprint density at radius 1 is 1.35 bits per heavy atom. The zero-order valence-corrected chi connectivity index (χ0v) is 11.0. The molecule has 0 aliphatic carbocycles. The smallest absolute Gasteiger partial charge is 0.220 e. The van der Waals surface area contributed by atoms with Crippen LogP contribution in [-0.4, -0.2) is 24.7 Å². The van der Waals surface area contributed by atoms with Crippen LogP contribution in [0.25, 0.3) is 0 Å². The number of carbonyl (C=O) groups is 1. The zero-order valence-electron chi connectivity index (χ0n) is 9.32. The lowest BCUT2D eigenvalue weighted by Crippen LogP contribution is -2.29. The minimum atomic E-state index is -0.245. The van der Waals surface area contributed by atoms with Crippen molar-refractivity contribution in [3.05, 3.63) is 30.1 Å². The maximum Gasteiger partial charge on any atom is 0.220 e. The fourth-order valence-corrected chi connectivity index (χ4v) is 1.94. The van der Waals surface area contributed by atoms with Crippen molar-refractivity contribution in [2.45, 2.75) is 11.3 Å². The van der Waals surface area contributed by atoms with E-state index in [2.05, 4.69) is 5.32 Å². The predicted molar refractivity (Wildman–Crippen MR) is 71.1 cm³/mol. The Labute approximate surface area is 111 Å². The quantitative estimate of drug-likeness (QED) is 0.781. The standard InChI is InChI=1S/C11H15FN2OS.ClH/c12-9-1-3-10(4-2-9)16-8-5-11(15)14-7-6-13;/h1-4H,5-8,13H2,(H,14,15);1H. The minimum Gasteiger partial charge on any atom is -0.355 e. The summed E-state index contributed by atoms with van der Waals surface area (Å²) in [5.41, 5.74) is 5.26. The zero-order chi connectivity index (χ0) is 11.8. The highest BCUT2D eigenvalue weighted by molar-refractivity contribution is 7.99. The van der Waals surface area contributed by atoms with Crippen LogP contribution >= 0.6 is 24.2 Å². The summed E-state index contributed by atoms with van der Waals surface area (Å²) >= 11 is 1.53. The van der Waals surface area contributed by atoms with Crippen LogP contribution in [0.3, 0.4) is 0 Å². The van der Waals surface area contributed by atoms with Crippen LogP contribution in [0.1, 0.15) is 6.42 Å². The molecule has 0 saturated heterocycles. The average molecular weight is 279 g/mol. The van der Waals surface area contributed by atoms with E-state index < -0.39 is 0 Å². The molecule has 96 valence electrons. The van der Waals surface area contributed by atoms with E-state index >= 15 is 0 Å². The second kappa shape index (κ2) is 9.27. The van der Waals surface area contributed by atoms with Gasteiger partial charge in [0.15, 0.2) is 0 Å². The van der Waals surface area contributed by atoms with E-state index in [1.54, 1.807) is 12.1 Å². The molecule has 0 heterocycles. The molecule has 3 N–H and O–H groups in total. The number of amides is 1. The summed E-state index contributed by atoms with van der Waals surface area (Å²) in [6.45, 7) is 0.969. The Bertz CT molecular complexity index is 335. The van der Waals surface area contributed by atoms with E-state index in [9.17, 15) is 9.18 Å². The Morgan fingerprint density at radius 3 is 2.59 bits per heavy atom. The molecule has 0 unspecified atom stereocenters. The van der Waals surface area contributed by atoms with Gasteiger partial charge in [0.2, 0.25) is 5.91 Å². The molecule has 1 aromatic rings. The molecule has 1 rings (SSSR count). The summed E-state index contributed by atoms with van der Waals surface area (Å²) in [7, 11) is 0. The van der Waals surface area contributed by atoms with E-state index in [-0.39, 0.29) is 24.1 Å². The molecule has 0 aliphatic heterocycles. The molecule has 0 atom stereocenters. The molecular weight excluding hydrogens is 263 g/mol. The van der Waals surface area contributed by atoms with Crippen molar-refractivity contribution in [3.63, 3.8) is 0 Å². The highest BCUT2D eigenvalue weighted by atomic mass is 35.5. The Hall–Kier alpha value is -0.780. The van der Waals surface area contributed by atoms with Crippen LogP contribution < -0.4 is 11.1 Å². The summed E-state index contributed by atoms with van der Waals surface area (Å²) < 4.78 is 12.6. The molecule has 0 aliphatic rings. The number of rotatable bonds is 6. The lowest BCUT2D eigenvalue weighted by atomic mass is 10.4. The van der Waals surface area contributed by atoms with Crippen LogP contribution in [0, 0.1) is 5.82 Å². The highest BCUT2D eigenvalue weighted by Crippen LogP contribution is 2.18. The van der Waals surface area contributed by atoms with Gasteiger partial charge in [-0.25, -0.2) is 4.39 Å². The monoisotopic (exact) mass is 278 g/mol. The van der Waals surface area contributed by atoms with E-state index in [4.69, 9.17) is 5.73 Å². The predicted octanol–water partition coefficient (Wildman–Crippen LogP) is 1.80. The van der Waals surface area contributed by atoms with Crippen LogP contribution in [-0.2, 0) is 4.79 Å². The molecule has 0 spiro atoms. The minimum absolute atomic E-state index is 0. The van der Waals surface area contributed by atoms with Crippen LogP contribution in [0.15, 0.2) is 29.2 Å². The number of carbonyl (C=O) groups excluding carboxylic acids is 1. The molecule has 0 radical (unpaired) electrons. The average Bonchev–Trinajstić information content (AvgIpc) is 2.29. The molecule has 6 heteroatoms.